The van der Waals surface area contributed by atoms with Crippen molar-refractivity contribution in [3.63, 3.8) is 0 Å². The van der Waals surface area contributed by atoms with Crippen molar-refractivity contribution in [2.75, 3.05) is 39.0 Å². The number of likely N-dealkylation sites (tertiary alicyclic amines) is 2. The quantitative estimate of drug-likeness (QED) is 0.921. The highest BCUT2D eigenvalue weighted by Gasteiger charge is 2.23. The van der Waals surface area contributed by atoms with E-state index in [1.165, 1.54) is 64.7 Å². The molecule has 5 heteroatoms. The van der Waals surface area contributed by atoms with Crippen molar-refractivity contribution in [3.8, 4) is 0 Å². The molecule has 2 fully saturated rings. The van der Waals surface area contributed by atoms with Gasteiger partial charge in [0, 0.05) is 25.3 Å². The van der Waals surface area contributed by atoms with Gasteiger partial charge in [0.25, 0.3) is 0 Å². The first-order chi connectivity index (χ1) is 10.2. The molecule has 3 heterocycles. The topological polar surface area (TPSA) is 50.3 Å². The number of aromatic nitrogens is 2. The second-order valence-electron chi connectivity index (χ2n) is 6.71. The first-order valence-electron chi connectivity index (χ1n) is 8.45. The second kappa shape index (κ2) is 6.79. The Balaban J connectivity index is 1.41. The van der Waals surface area contributed by atoms with Crippen LogP contribution in [-0.2, 0) is 0 Å². The maximum atomic E-state index is 5.71. The van der Waals surface area contributed by atoms with Gasteiger partial charge in [-0.3, -0.25) is 4.68 Å². The van der Waals surface area contributed by atoms with Gasteiger partial charge in [0.15, 0.2) is 0 Å². The van der Waals surface area contributed by atoms with Gasteiger partial charge in [0.05, 0.1) is 6.04 Å². The van der Waals surface area contributed by atoms with Gasteiger partial charge in [-0.25, -0.2) is 0 Å². The summed E-state index contributed by atoms with van der Waals surface area (Å²) >= 11 is 0. The molecule has 0 saturated carbocycles. The molecule has 0 spiro atoms. The van der Waals surface area contributed by atoms with Gasteiger partial charge in [0.1, 0.15) is 5.82 Å². The zero-order chi connectivity index (χ0) is 14.7. The van der Waals surface area contributed by atoms with E-state index >= 15 is 0 Å². The van der Waals surface area contributed by atoms with Gasteiger partial charge in [0.2, 0.25) is 0 Å². The summed E-state index contributed by atoms with van der Waals surface area (Å²) in [5.74, 6) is 0.637. The lowest BCUT2D eigenvalue weighted by Gasteiger charge is -2.36. The van der Waals surface area contributed by atoms with E-state index in [1.54, 1.807) is 0 Å². The van der Waals surface area contributed by atoms with Crippen LogP contribution < -0.4 is 5.73 Å². The van der Waals surface area contributed by atoms with E-state index in [2.05, 4.69) is 26.6 Å². The van der Waals surface area contributed by atoms with E-state index in [0.717, 1.165) is 6.04 Å². The predicted octanol–water partition coefficient (Wildman–Crippen LogP) is 1.98. The average Bonchev–Trinajstić information content (AvgIpc) is 2.94. The molecule has 2 N–H and O–H groups in total. The van der Waals surface area contributed by atoms with Gasteiger partial charge in [-0.15, -0.1) is 0 Å². The third kappa shape index (κ3) is 3.77. The Hall–Kier alpha value is -1.07. The molecule has 1 unspecified atom stereocenters. The smallest absolute Gasteiger partial charge is 0.145 e. The lowest BCUT2D eigenvalue weighted by atomic mass is 9.99. The van der Waals surface area contributed by atoms with Crippen molar-refractivity contribution < 1.29 is 0 Å². The van der Waals surface area contributed by atoms with Gasteiger partial charge in [-0.1, -0.05) is 6.42 Å². The summed E-state index contributed by atoms with van der Waals surface area (Å²) in [6.45, 7) is 4.93. The number of anilines is 1. The van der Waals surface area contributed by atoms with Crippen molar-refractivity contribution in [1.29, 1.82) is 0 Å². The normalized spacial score (nSPS) is 26.2. The molecular formula is C16H29N5. The number of nitrogens with zero attached hydrogens (tertiary/aromatic N) is 4. The molecule has 1 atom stereocenters. The molecule has 5 nitrogen and oxygen atoms in total. The van der Waals surface area contributed by atoms with Crippen LogP contribution in [0.15, 0.2) is 12.3 Å². The van der Waals surface area contributed by atoms with Crippen LogP contribution in [0.5, 0.6) is 0 Å². The number of hydrogen-bond acceptors (Lipinski definition) is 4. The van der Waals surface area contributed by atoms with Crippen LogP contribution in [0.25, 0.3) is 0 Å². The van der Waals surface area contributed by atoms with E-state index in [1.807, 2.05) is 12.3 Å². The van der Waals surface area contributed by atoms with Crippen LogP contribution in [-0.4, -0.2) is 58.8 Å². The summed E-state index contributed by atoms with van der Waals surface area (Å²) in [4.78, 5) is 5.19. The highest BCUT2D eigenvalue weighted by molar-refractivity contribution is 5.24. The Morgan fingerprint density at radius 2 is 2.00 bits per heavy atom. The fraction of sp³-hybridized carbons (Fsp3) is 0.812. The molecule has 0 radical (unpaired) electrons. The summed E-state index contributed by atoms with van der Waals surface area (Å²) in [6, 6.07) is 3.24. The monoisotopic (exact) mass is 291 g/mol. The zero-order valence-corrected chi connectivity index (χ0v) is 13.2. The van der Waals surface area contributed by atoms with Crippen LogP contribution >= 0.6 is 0 Å². The maximum Gasteiger partial charge on any atom is 0.145 e. The second-order valence-corrected chi connectivity index (χ2v) is 6.71. The fourth-order valence-electron chi connectivity index (χ4n) is 3.80. The summed E-state index contributed by atoms with van der Waals surface area (Å²) in [7, 11) is 2.29. The molecule has 1 aromatic rings. The number of piperidine rings is 2. The van der Waals surface area contributed by atoms with Crippen LogP contribution in [0.3, 0.4) is 0 Å². The molecule has 2 saturated heterocycles. The Morgan fingerprint density at radius 3 is 2.67 bits per heavy atom. The minimum atomic E-state index is 0.538. The standard InChI is InChI=1S/C16H29N5/c1-19-9-3-2-4-14(19)5-10-20-11-6-15(7-12-20)21-13-8-16(17)18-21/h8,13-15H,2-7,9-12H2,1H3,(H2,17,18). The number of rotatable bonds is 4. The Morgan fingerprint density at radius 1 is 1.19 bits per heavy atom. The van der Waals surface area contributed by atoms with Crippen LogP contribution in [0.1, 0.15) is 44.6 Å². The highest BCUT2D eigenvalue weighted by Crippen LogP contribution is 2.24. The largest absolute Gasteiger partial charge is 0.382 e. The molecule has 0 aromatic carbocycles. The van der Waals surface area contributed by atoms with Crippen molar-refractivity contribution in [2.24, 2.45) is 0 Å². The third-order valence-corrected chi connectivity index (χ3v) is 5.26. The zero-order valence-electron chi connectivity index (χ0n) is 13.2. The Kier molecular flexibility index (Phi) is 4.80. The predicted molar refractivity (Wildman–Crippen MR) is 86.2 cm³/mol. The van der Waals surface area contributed by atoms with E-state index in [-0.39, 0.29) is 0 Å². The summed E-state index contributed by atoms with van der Waals surface area (Å²) in [6.07, 6.45) is 9.93. The molecule has 0 amide bonds. The lowest BCUT2D eigenvalue weighted by molar-refractivity contribution is 0.133. The number of nitrogen functional groups attached to an aromatic ring is 1. The molecule has 118 valence electrons. The maximum absolute atomic E-state index is 5.71. The molecule has 0 aliphatic carbocycles. The van der Waals surface area contributed by atoms with Crippen LogP contribution in [0, 0.1) is 0 Å². The van der Waals surface area contributed by atoms with Crippen LogP contribution in [0.4, 0.5) is 5.82 Å². The van der Waals surface area contributed by atoms with E-state index in [9.17, 15) is 0 Å². The number of nitrogens with two attached hydrogens (primary N) is 1. The first-order valence-corrected chi connectivity index (χ1v) is 8.45. The summed E-state index contributed by atoms with van der Waals surface area (Å²) < 4.78 is 2.06. The van der Waals surface area contributed by atoms with Crippen molar-refractivity contribution in [3.05, 3.63) is 12.3 Å². The molecular weight excluding hydrogens is 262 g/mol. The summed E-state index contributed by atoms with van der Waals surface area (Å²) in [5.41, 5.74) is 5.71. The summed E-state index contributed by atoms with van der Waals surface area (Å²) in [5, 5.41) is 4.36. The van der Waals surface area contributed by atoms with Crippen molar-refractivity contribution >= 4 is 5.82 Å². The SMILES string of the molecule is CN1CCCCC1CCN1CCC(n2ccc(N)n2)CC1. The minimum absolute atomic E-state index is 0.538. The number of hydrogen-bond donors (Lipinski definition) is 1. The van der Waals surface area contributed by atoms with Gasteiger partial charge in [-0.05, 0) is 58.3 Å². The third-order valence-electron chi connectivity index (χ3n) is 5.26. The van der Waals surface area contributed by atoms with E-state index in [0.29, 0.717) is 11.9 Å². The molecule has 3 rings (SSSR count). The molecule has 1 aromatic heterocycles. The Bertz CT molecular complexity index is 436. The average molecular weight is 291 g/mol. The Labute approximate surface area is 128 Å². The van der Waals surface area contributed by atoms with Gasteiger partial charge >= 0.3 is 0 Å². The molecule has 21 heavy (non-hydrogen) atoms. The van der Waals surface area contributed by atoms with Gasteiger partial charge < -0.3 is 15.5 Å². The van der Waals surface area contributed by atoms with Crippen LogP contribution in [0.2, 0.25) is 0 Å². The molecule has 0 bridgehead atoms. The fourth-order valence-corrected chi connectivity index (χ4v) is 3.80. The van der Waals surface area contributed by atoms with Gasteiger partial charge in [-0.2, -0.15) is 5.10 Å². The van der Waals surface area contributed by atoms with Crippen molar-refractivity contribution in [2.45, 2.75) is 50.6 Å². The highest BCUT2D eigenvalue weighted by atomic mass is 15.3. The first kappa shape index (κ1) is 14.9. The lowest BCUT2D eigenvalue weighted by Crippen LogP contribution is -2.41. The van der Waals surface area contributed by atoms with Crippen molar-refractivity contribution in [1.82, 2.24) is 19.6 Å². The van der Waals surface area contributed by atoms with E-state index < -0.39 is 0 Å². The van der Waals surface area contributed by atoms with E-state index in [4.69, 9.17) is 5.73 Å². The minimum Gasteiger partial charge on any atom is -0.382 e. The molecule has 2 aliphatic heterocycles. The molecule has 2 aliphatic rings.